The molecule has 0 spiro atoms. The average Bonchev–Trinajstić information content (AvgIpc) is 3.28. The first-order valence-electron chi connectivity index (χ1n) is 14.9. The number of ether oxygens (including phenoxy) is 2. The van der Waals surface area contributed by atoms with E-state index in [1.807, 2.05) is 53.4 Å². The molecule has 7 nitrogen and oxygen atoms in total. The summed E-state index contributed by atoms with van der Waals surface area (Å²) in [5, 5.41) is 2.67. The summed E-state index contributed by atoms with van der Waals surface area (Å²) >= 11 is 0. The summed E-state index contributed by atoms with van der Waals surface area (Å²) in [7, 11) is 0. The van der Waals surface area contributed by atoms with Crippen molar-refractivity contribution in [2.75, 3.05) is 37.7 Å². The zero-order valence-electron chi connectivity index (χ0n) is 26.8. The second kappa shape index (κ2) is 14.1. The molecule has 2 aliphatic rings. The van der Waals surface area contributed by atoms with Crippen LogP contribution in [0.2, 0.25) is 0 Å². The van der Waals surface area contributed by atoms with Crippen molar-refractivity contribution in [1.29, 1.82) is 0 Å². The number of rotatable bonds is 6. The molecule has 0 unspecified atom stereocenters. The number of carbonyl (C=O) groups is 2. The van der Waals surface area contributed by atoms with Crippen LogP contribution in [0.15, 0.2) is 54.6 Å². The van der Waals surface area contributed by atoms with Crippen LogP contribution in [0, 0.1) is 13.8 Å². The Morgan fingerprint density at radius 2 is 1.47 bits per heavy atom. The topological polar surface area (TPSA) is 71.1 Å². The normalized spacial score (nSPS) is 14.8. The Bertz CT molecular complexity index is 1520. The average molecular weight is 648 g/mol. The Balaban J connectivity index is 0.00000461. The van der Waals surface area contributed by atoms with Gasteiger partial charge in [-0.3, -0.25) is 0 Å². The van der Waals surface area contributed by atoms with E-state index in [0.717, 1.165) is 22.3 Å². The van der Waals surface area contributed by atoms with E-state index in [1.165, 1.54) is 13.8 Å². The summed E-state index contributed by atoms with van der Waals surface area (Å²) in [6.45, 7) is 4.31. The molecule has 1 N–H and O–H groups in total. The van der Waals surface area contributed by atoms with Crippen molar-refractivity contribution >= 4 is 30.3 Å². The minimum Gasteiger partial charge on any atom is -0.449 e. The van der Waals surface area contributed by atoms with E-state index in [2.05, 4.69) is 5.32 Å². The Labute approximate surface area is 305 Å². The smallest absolute Gasteiger partial charge is 0.449 e. The number of nitrogens with one attached hydrogen (secondary N) is 1. The number of amides is 2. The molecule has 1 fully saturated rings. The van der Waals surface area contributed by atoms with Gasteiger partial charge in [-0.25, -0.2) is 9.59 Å². The summed E-state index contributed by atoms with van der Waals surface area (Å²) in [5.74, 6) is -0.125. The van der Waals surface area contributed by atoms with Crippen LogP contribution >= 0.6 is 0 Å². The molecule has 0 bridgehead atoms. The van der Waals surface area contributed by atoms with Crippen LogP contribution in [-0.2, 0) is 16.0 Å². The fourth-order valence-electron chi connectivity index (χ4n) is 6.25. The van der Waals surface area contributed by atoms with Gasteiger partial charge in [-0.1, -0.05) is 59.7 Å². The molecular weight excluding hydrogens is 609 g/mol. The fourth-order valence-corrected chi connectivity index (χ4v) is 6.25. The molecule has 0 aromatic heterocycles. The number of piperazine rings is 1. The van der Waals surface area contributed by atoms with Crippen molar-refractivity contribution in [3.8, 4) is 11.1 Å². The van der Waals surface area contributed by atoms with Gasteiger partial charge in [-0.05, 0) is 68.5 Å². The van der Waals surface area contributed by atoms with E-state index in [1.54, 1.807) is 31.7 Å². The van der Waals surface area contributed by atoms with Gasteiger partial charge < -0.3 is 37.5 Å². The summed E-state index contributed by atoms with van der Waals surface area (Å²) in [4.78, 5) is 28.8. The Morgan fingerprint density at radius 1 is 0.911 bits per heavy atom. The van der Waals surface area contributed by atoms with Gasteiger partial charge in [0.25, 0.3) is 0 Å². The molecule has 3 aromatic carbocycles. The van der Waals surface area contributed by atoms with E-state index in [4.69, 9.17) is 9.47 Å². The van der Waals surface area contributed by atoms with E-state index < -0.39 is 30.2 Å². The van der Waals surface area contributed by atoms with Gasteiger partial charge in [0, 0.05) is 44.3 Å². The quantitative estimate of drug-likeness (QED) is 0.416. The van der Waals surface area contributed by atoms with Gasteiger partial charge in [0.05, 0.1) is 0 Å². The second-order valence-electron chi connectivity index (χ2n) is 12.4. The molecule has 1 saturated heterocycles. The van der Waals surface area contributed by atoms with Gasteiger partial charge >= 0.3 is 70.5 Å². The monoisotopic (exact) mass is 647 g/mol. The SMILES string of the molecule is Cc1c(CNC(=O)OCC2c3ccccc3-c3ccccc32)cc(N2CCN(C(=O)OC(C)(C)C)CC2)c(C)c1[B-](F)(F)F.[K+]. The first-order valence-corrected chi connectivity index (χ1v) is 14.9. The molecule has 12 heteroatoms. The number of carbonyl (C=O) groups excluding carboxylic acids is 2. The van der Waals surface area contributed by atoms with E-state index in [0.29, 0.717) is 37.4 Å². The van der Waals surface area contributed by atoms with Crippen LogP contribution in [0.5, 0.6) is 0 Å². The first kappa shape index (κ1) is 35.3. The second-order valence-corrected chi connectivity index (χ2v) is 12.4. The summed E-state index contributed by atoms with van der Waals surface area (Å²) in [6, 6.07) is 17.7. The summed E-state index contributed by atoms with van der Waals surface area (Å²) in [5.41, 5.74) is 4.11. The maximum Gasteiger partial charge on any atom is 1.00 e. The van der Waals surface area contributed by atoms with Gasteiger partial charge in [-0.2, -0.15) is 0 Å². The molecule has 5 rings (SSSR count). The zero-order valence-corrected chi connectivity index (χ0v) is 29.9. The number of hydrogen-bond acceptors (Lipinski definition) is 5. The van der Waals surface area contributed by atoms with Crippen molar-refractivity contribution in [1.82, 2.24) is 10.2 Å². The molecule has 1 heterocycles. The van der Waals surface area contributed by atoms with Crippen molar-refractivity contribution in [3.63, 3.8) is 0 Å². The van der Waals surface area contributed by atoms with Crippen molar-refractivity contribution in [2.45, 2.75) is 52.7 Å². The largest absolute Gasteiger partial charge is 1.00 e. The van der Waals surface area contributed by atoms with Gasteiger partial charge in [0.15, 0.2) is 0 Å². The Hall–Kier alpha value is -2.51. The van der Waals surface area contributed by atoms with Crippen LogP contribution in [0.1, 0.15) is 54.5 Å². The van der Waals surface area contributed by atoms with E-state index in [-0.39, 0.29) is 81.6 Å². The molecule has 0 saturated carbocycles. The maximum atomic E-state index is 14.4. The van der Waals surface area contributed by atoms with E-state index >= 15 is 0 Å². The molecular formula is C33H38BF3KN3O4. The Morgan fingerprint density at radius 3 is 2.00 bits per heavy atom. The fraction of sp³-hybridized carbons (Fsp3) is 0.394. The van der Waals surface area contributed by atoms with Crippen LogP contribution in [0.3, 0.4) is 0 Å². The minimum atomic E-state index is -5.32. The number of halogens is 3. The number of nitrogens with zero attached hydrogens (tertiary/aromatic N) is 2. The number of hydrogen-bond donors (Lipinski definition) is 1. The maximum absolute atomic E-state index is 14.4. The van der Waals surface area contributed by atoms with Crippen molar-refractivity contribution in [2.24, 2.45) is 0 Å². The summed E-state index contributed by atoms with van der Waals surface area (Å²) < 4.78 is 54.1. The number of anilines is 1. The standard InChI is InChI=1S/C33H38BF3N3O4.K/c1-21-23(19-38-31(41)43-20-28-26-12-8-6-10-24(26)25-11-7-9-13-27(25)28)18-29(22(2)30(21)34(35,36)37)39-14-16-40(17-15-39)32(42)44-33(3,4)5;/h6-13,18,28H,14-17,19-20H2,1-5H3,(H,38,41);/q-1;+1. The molecule has 234 valence electrons. The predicted octanol–water partition coefficient (Wildman–Crippen LogP) is 3.46. The molecule has 45 heavy (non-hydrogen) atoms. The Kier molecular flexibility index (Phi) is 11.1. The van der Waals surface area contributed by atoms with E-state index in [9.17, 15) is 22.5 Å². The van der Waals surface area contributed by atoms with Gasteiger partial charge in [0.2, 0.25) is 0 Å². The third-order valence-corrected chi connectivity index (χ3v) is 8.35. The molecule has 1 aliphatic heterocycles. The molecule has 2 amide bonds. The number of fused-ring (bicyclic) bond motifs is 3. The van der Waals surface area contributed by atoms with Crippen LogP contribution in [0.25, 0.3) is 11.1 Å². The minimum absolute atomic E-state index is 0. The predicted molar refractivity (Wildman–Crippen MR) is 167 cm³/mol. The molecule has 0 radical (unpaired) electrons. The van der Waals surface area contributed by atoms with Gasteiger partial charge in [0.1, 0.15) is 12.2 Å². The number of alkyl carbamates (subject to hydrolysis) is 1. The number of benzene rings is 3. The third-order valence-electron chi connectivity index (χ3n) is 8.35. The summed E-state index contributed by atoms with van der Waals surface area (Å²) in [6.07, 6.45) is -1.14. The molecule has 0 atom stereocenters. The van der Waals surface area contributed by atoms with Crippen LogP contribution in [0.4, 0.5) is 28.2 Å². The van der Waals surface area contributed by atoms with Crippen LogP contribution < -0.4 is 67.1 Å². The zero-order chi connectivity index (χ0) is 31.8. The third kappa shape index (κ3) is 7.90. The van der Waals surface area contributed by atoms with Crippen molar-refractivity contribution < 1.29 is 83.4 Å². The van der Waals surface area contributed by atoms with Gasteiger partial charge in [-0.15, -0.1) is 5.46 Å². The molecule has 3 aromatic rings. The first-order chi connectivity index (χ1) is 20.7. The molecule has 1 aliphatic carbocycles. The van der Waals surface area contributed by atoms with Crippen molar-refractivity contribution in [3.05, 3.63) is 82.4 Å². The van der Waals surface area contributed by atoms with Crippen LogP contribution in [-0.4, -0.2) is 62.5 Å².